The van der Waals surface area contributed by atoms with Gasteiger partial charge in [0.05, 0.1) is 0 Å². The highest BCUT2D eigenvalue weighted by molar-refractivity contribution is 9.09. The number of alkyl halides is 1. The quantitative estimate of drug-likeness (QED) is 0.650. The number of benzene rings is 2. The lowest BCUT2D eigenvalue weighted by molar-refractivity contribution is 1.08. The Bertz CT molecular complexity index is 602. The van der Waals surface area contributed by atoms with Crippen molar-refractivity contribution in [3.63, 3.8) is 0 Å². The maximum absolute atomic E-state index is 3.61. The smallest absolute Gasteiger partial charge is 0.0363 e. The molecule has 1 unspecified atom stereocenters. The second kappa shape index (κ2) is 4.50. The van der Waals surface area contributed by atoms with E-state index in [-0.39, 0.29) is 0 Å². The van der Waals surface area contributed by atoms with Crippen molar-refractivity contribution < 1.29 is 0 Å². The van der Waals surface area contributed by atoms with Gasteiger partial charge in [-0.1, -0.05) is 76.6 Å². The molecule has 0 aliphatic heterocycles. The Morgan fingerprint density at radius 3 is 2.65 bits per heavy atom. The molecule has 2 aromatic carbocycles. The van der Waals surface area contributed by atoms with Crippen LogP contribution in [-0.4, -0.2) is 4.83 Å². The van der Waals surface area contributed by atoms with Crippen molar-refractivity contribution in [1.29, 1.82) is 0 Å². The van der Waals surface area contributed by atoms with Gasteiger partial charge in [0.25, 0.3) is 0 Å². The summed E-state index contributed by atoms with van der Waals surface area (Å²) in [5.41, 5.74) is 2.66. The average molecular weight is 285 g/mol. The van der Waals surface area contributed by atoms with E-state index in [1.807, 2.05) is 0 Å². The van der Waals surface area contributed by atoms with Gasteiger partial charge in [0.2, 0.25) is 0 Å². The molecule has 0 fully saturated rings. The summed E-state index contributed by atoms with van der Waals surface area (Å²) >= 11 is 3.61. The molecule has 1 atom stereocenters. The van der Waals surface area contributed by atoms with Crippen LogP contribution in [0.5, 0.6) is 0 Å². The van der Waals surface area contributed by atoms with Gasteiger partial charge in [0, 0.05) is 4.83 Å². The number of allylic oxidation sites excluding steroid dienone is 4. The summed E-state index contributed by atoms with van der Waals surface area (Å²) < 4.78 is 0. The fraction of sp³-hybridized carbons (Fsp3) is 0.125. The molecule has 0 saturated carbocycles. The van der Waals surface area contributed by atoms with Gasteiger partial charge >= 0.3 is 0 Å². The van der Waals surface area contributed by atoms with Crippen LogP contribution in [0.1, 0.15) is 12.0 Å². The first-order valence-corrected chi connectivity index (χ1v) is 6.77. The minimum Gasteiger partial charge on any atom is -0.0842 e. The van der Waals surface area contributed by atoms with Gasteiger partial charge in [-0.25, -0.2) is 0 Å². The Balaban J connectivity index is 2.15. The van der Waals surface area contributed by atoms with Crippen LogP contribution in [0.2, 0.25) is 0 Å². The number of hydrogen-bond donors (Lipinski definition) is 0. The normalized spacial score (nSPS) is 19.4. The molecule has 0 N–H and O–H groups in total. The van der Waals surface area contributed by atoms with Crippen molar-refractivity contribution in [2.75, 3.05) is 0 Å². The zero-order valence-electron chi connectivity index (χ0n) is 9.44. The molecule has 0 bridgehead atoms. The zero-order chi connectivity index (χ0) is 11.7. The van der Waals surface area contributed by atoms with E-state index in [1.165, 1.54) is 21.9 Å². The Labute approximate surface area is 110 Å². The van der Waals surface area contributed by atoms with Gasteiger partial charge in [-0.3, -0.25) is 0 Å². The van der Waals surface area contributed by atoms with Crippen molar-refractivity contribution in [2.24, 2.45) is 0 Å². The Kier molecular flexibility index (Phi) is 2.86. The first-order valence-electron chi connectivity index (χ1n) is 5.85. The van der Waals surface area contributed by atoms with Crippen LogP contribution in [0, 0.1) is 0 Å². The van der Waals surface area contributed by atoms with Gasteiger partial charge in [-0.05, 0) is 28.3 Å². The maximum Gasteiger partial charge on any atom is 0.0363 e. The monoisotopic (exact) mass is 284 g/mol. The molecule has 0 amide bonds. The van der Waals surface area contributed by atoms with E-state index in [4.69, 9.17) is 0 Å². The van der Waals surface area contributed by atoms with Gasteiger partial charge in [-0.15, -0.1) is 0 Å². The second-order valence-corrected chi connectivity index (χ2v) is 5.47. The van der Waals surface area contributed by atoms with E-state index >= 15 is 0 Å². The predicted octanol–water partition coefficient (Wildman–Crippen LogP) is 4.95. The summed E-state index contributed by atoms with van der Waals surface area (Å²) in [6.07, 6.45) is 7.80. The van der Waals surface area contributed by atoms with E-state index in [0.717, 1.165) is 6.42 Å². The first-order chi connectivity index (χ1) is 8.34. The zero-order valence-corrected chi connectivity index (χ0v) is 11.0. The number of halogens is 1. The molecule has 0 radical (unpaired) electrons. The van der Waals surface area contributed by atoms with Crippen LogP contribution in [0.3, 0.4) is 0 Å². The Hall–Kier alpha value is -1.34. The molecular weight excluding hydrogens is 272 g/mol. The molecule has 84 valence electrons. The topological polar surface area (TPSA) is 0 Å². The molecule has 2 aromatic rings. The third-order valence-corrected chi connectivity index (χ3v) is 3.83. The first kappa shape index (κ1) is 10.8. The summed E-state index contributed by atoms with van der Waals surface area (Å²) in [7, 11) is 0. The lowest BCUT2D eigenvalue weighted by atomic mass is 9.95. The average Bonchev–Trinajstić information content (AvgIpc) is 2.39. The molecule has 0 spiro atoms. The van der Waals surface area contributed by atoms with Gasteiger partial charge < -0.3 is 0 Å². The Morgan fingerprint density at radius 2 is 1.82 bits per heavy atom. The molecule has 1 aliphatic carbocycles. The lowest BCUT2D eigenvalue weighted by Crippen LogP contribution is -1.96. The highest BCUT2D eigenvalue weighted by Crippen LogP contribution is 2.29. The summed E-state index contributed by atoms with van der Waals surface area (Å²) in [4.78, 5) is 0.487. The minimum absolute atomic E-state index is 0.487. The number of hydrogen-bond acceptors (Lipinski definition) is 0. The lowest BCUT2D eigenvalue weighted by Gasteiger charge is -2.13. The van der Waals surface area contributed by atoms with Crippen LogP contribution < -0.4 is 0 Å². The van der Waals surface area contributed by atoms with Crippen LogP contribution in [0.4, 0.5) is 0 Å². The van der Waals surface area contributed by atoms with Gasteiger partial charge in [0.15, 0.2) is 0 Å². The van der Waals surface area contributed by atoms with Crippen LogP contribution >= 0.6 is 15.9 Å². The molecule has 17 heavy (non-hydrogen) atoms. The molecule has 0 heterocycles. The van der Waals surface area contributed by atoms with E-state index in [9.17, 15) is 0 Å². The second-order valence-electron chi connectivity index (χ2n) is 4.30. The molecule has 0 nitrogen and oxygen atoms in total. The van der Waals surface area contributed by atoms with Crippen molar-refractivity contribution in [2.45, 2.75) is 11.2 Å². The summed E-state index contributed by atoms with van der Waals surface area (Å²) in [5, 5.41) is 2.64. The molecule has 3 rings (SSSR count). The fourth-order valence-electron chi connectivity index (χ4n) is 2.27. The molecule has 1 aliphatic rings. The Morgan fingerprint density at radius 1 is 1.00 bits per heavy atom. The third kappa shape index (κ3) is 2.07. The SMILES string of the molecule is BrC1C=CC(c2cccc3ccccc23)=CC1. The summed E-state index contributed by atoms with van der Waals surface area (Å²) in [5.74, 6) is 0. The van der Waals surface area contributed by atoms with Crippen molar-refractivity contribution >= 4 is 32.3 Å². The number of rotatable bonds is 1. The van der Waals surface area contributed by atoms with Gasteiger partial charge in [0.1, 0.15) is 0 Å². The highest BCUT2D eigenvalue weighted by atomic mass is 79.9. The fourth-order valence-corrected chi connectivity index (χ4v) is 2.61. The van der Waals surface area contributed by atoms with E-state index in [0.29, 0.717) is 4.83 Å². The van der Waals surface area contributed by atoms with E-state index in [1.54, 1.807) is 0 Å². The molecule has 1 heteroatoms. The summed E-state index contributed by atoms with van der Waals surface area (Å²) in [6, 6.07) is 15.1. The predicted molar refractivity (Wildman–Crippen MR) is 78.4 cm³/mol. The van der Waals surface area contributed by atoms with Crippen molar-refractivity contribution in [3.05, 3.63) is 66.3 Å². The molecule has 0 saturated heterocycles. The van der Waals surface area contributed by atoms with E-state index < -0.39 is 0 Å². The largest absolute Gasteiger partial charge is 0.0842 e. The van der Waals surface area contributed by atoms with Crippen molar-refractivity contribution in [3.8, 4) is 0 Å². The molecular formula is C16H13Br. The van der Waals surface area contributed by atoms with Crippen molar-refractivity contribution in [1.82, 2.24) is 0 Å². The van der Waals surface area contributed by atoms with E-state index in [2.05, 4.69) is 76.6 Å². The maximum atomic E-state index is 3.61. The molecule has 0 aromatic heterocycles. The van der Waals surface area contributed by atoms with Gasteiger partial charge in [-0.2, -0.15) is 0 Å². The third-order valence-electron chi connectivity index (χ3n) is 3.15. The highest BCUT2D eigenvalue weighted by Gasteiger charge is 2.08. The summed E-state index contributed by atoms with van der Waals surface area (Å²) in [6.45, 7) is 0. The van der Waals surface area contributed by atoms with Crippen LogP contribution in [0.25, 0.3) is 16.3 Å². The standard InChI is InChI=1S/C16H13Br/c17-14-10-8-13(9-11-14)16-7-3-5-12-4-1-2-6-15(12)16/h1-10,14H,11H2. The van der Waals surface area contributed by atoms with Crippen LogP contribution in [-0.2, 0) is 0 Å². The number of fused-ring (bicyclic) bond motifs is 1. The van der Waals surface area contributed by atoms with Crippen LogP contribution in [0.15, 0.2) is 60.7 Å². The minimum atomic E-state index is 0.487.